The second-order valence-corrected chi connectivity index (χ2v) is 3.80. The van der Waals surface area contributed by atoms with Crippen LogP contribution in [-0.2, 0) is 9.63 Å². The van der Waals surface area contributed by atoms with E-state index in [4.69, 9.17) is 4.84 Å². The van der Waals surface area contributed by atoms with E-state index in [9.17, 15) is 4.79 Å². The Hall–Kier alpha value is -0.610. The standard InChI is InChI=1S/C9H18N2O2/c1-8(2)9(12)13-11-6-4-10(3)5-7-11/h8H,4-7H2,1-3H3. The fraction of sp³-hybridized carbons (Fsp3) is 0.889. The number of hydrogen-bond donors (Lipinski definition) is 0. The maximum absolute atomic E-state index is 11.2. The van der Waals surface area contributed by atoms with Gasteiger partial charge in [0.15, 0.2) is 0 Å². The molecule has 1 rings (SSSR count). The number of carbonyl (C=O) groups is 1. The molecule has 0 aromatic carbocycles. The summed E-state index contributed by atoms with van der Waals surface area (Å²) >= 11 is 0. The van der Waals surface area contributed by atoms with Crippen LogP contribution >= 0.6 is 0 Å². The number of carbonyl (C=O) groups excluding carboxylic acids is 1. The summed E-state index contributed by atoms with van der Waals surface area (Å²) in [5.41, 5.74) is 0. The smallest absolute Gasteiger partial charge is 0.327 e. The third-order valence-electron chi connectivity index (χ3n) is 2.15. The van der Waals surface area contributed by atoms with E-state index in [1.54, 1.807) is 5.06 Å². The van der Waals surface area contributed by atoms with Crippen molar-refractivity contribution in [2.75, 3.05) is 33.2 Å². The van der Waals surface area contributed by atoms with Crippen molar-refractivity contribution in [3.05, 3.63) is 0 Å². The molecule has 0 aromatic rings. The molecule has 0 N–H and O–H groups in total. The lowest BCUT2D eigenvalue weighted by atomic mass is 10.2. The van der Waals surface area contributed by atoms with Gasteiger partial charge in [0.05, 0.1) is 5.92 Å². The number of rotatable bonds is 2. The molecule has 0 radical (unpaired) electrons. The van der Waals surface area contributed by atoms with E-state index in [1.807, 2.05) is 13.8 Å². The fourth-order valence-corrected chi connectivity index (χ4v) is 1.11. The SMILES string of the molecule is CC(C)C(=O)ON1CCN(C)CC1. The van der Waals surface area contributed by atoms with Gasteiger partial charge in [-0.05, 0) is 7.05 Å². The van der Waals surface area contributed by atoms with Crippen LogP contribution in [0.15, 0.2) is 0 Å². The first kappa shape index (κ1) is 10.5. The molecule has 0 saturated carbocycles. The van der Waals surface area contributed by atoms with Crippen molar-refractivity contribution in [1.29, 1.82) is 0 Å². The van der Waals surface area contributed by atoms with Crippen LogP contribution in [0.5, 0.6) is 0 Å². The number of piperazine rings is 1. The lowest BCUT2D eigenvalue weighted by molar-refractivity contribution is -0.200. The largest absolute Gasteiger partial charge is 0.368 e. The third kappa shape index (κ3) is 3.32. The highest BCUT2D eigenvalue weighted by molar-refractivity contribution is 5.71. The lowest BCUT2D eigenvalue weighted by Crippen LogP contribution is -2.45. The molecule has 76 valence electrons. The minimum atomic E-state index is -0.135. The van der Waals surface area contributed by atoms with E-state index in [0.29, 0.717) is 0 Å². The fourth-order valence-electron chi connectivity index (χ4n) is 1.11. The van der Waals surface area contributed by atoms with Gasteiger partial charge in [-0.15, -0.1) is 5.06 Å². The second kappa shape index (κ2) is 4.58. The molecule has 1 aliphatic rings. The van der Waals surface area contributed by atoms with Gasteiger partial charge in [0, 0.05) is 26.2 Å². The van der Waals surface area contributed by atoms with Gasteiger partial charge in [0.1, 0.15) is 0 Å². The van der Waals surface area contributed by atoms with Gasteiger partial charge in [-0.2, -0.15) is 0 Å². The molecule has 0 aliphatic carbocycles. The highest BCUT2D eigenvalue weighted by atomic mass is 16.7. The van der Waals surface area contributed by atoms with E-state index in [0.717, 1.165) is 26.2 Å². The van der Waals surface area contributed by atoms with Crippen molar-refractivity contribution < 1.29 is 9.63 Å². The van der Waals surface area contributed by atoms with E-state index in [-0.39, 0.29) is 11.9 Å². The van der Waals surface area contributed by atoms with Crippen molar-refractivity contribution in [2.45, 2.75) is 13.8 Å². The predicted octanol–water partition coefficient (Wildman–Crippen LogP) is 0.348. The molecule has 13 heavy (non-hydrogen) atoms. The summed E-state index contributed by atoms with van der Waals surface area (Å²) < 4.78 is 0. The first-order chi connectivity index (χ1) is 6.09. The molecule has 1 heterocycles. The summed E-state index contributed by atoms with van der Waals surface area (Å²) in [5, 5.41) is 1.75. The molecule has 0 aromatic heterocycles. The van der Waals surface area contributed by atoms with Gasteiger partial charge in [0.2, 0.25) is 0 Å². The zero-order chi connectivity index (χ0) is 9.84. The molecule has 0 bridgehead atoms. The van der Waals surface area contributed by atoms with Crippen molar-refractivity contribution >= 4 is 5.97 Å². The molecule has 0 spiro atoms. The van der Waals surface area contributed by atoms with Crippen LogP contribution in [-0.4, -0.2) is 49.2 Å². The Bertz CT molecular complexity index is 174. The monoisotopic (exact) mass is 186 g/mol. The summed E-state index contributed by atoms with van der Waals surface area (Å²) in [5.74, 6) is -0.177. The zero-order valence-electron chi connectivity index (χ0n) is 8.62. The Morgan fingerprint density at radius 2 is 1.77 bits per heavy atom. The quantitative estimate of drug-likeness (QED) is 0.623. The highest BCUT2D eigenvalue weighted by Gasteiger charge is 2.18. The molecule has 1 fully saturated rings. The maximum atomic E-state index is 11.2. The van der Waals surface area contributed by atoms with Crippen LogP contribution in [0.25, 0.3) is 0 Å². The van der Waals surface area contributed by atoms with E-state index >= 15 is 0 Å². The van der Waals surface area contributed by atoms with Crippen molar-refractivity contribution in [3.8, 4) is 0 Å². The maximum Gasteiger partial charge on any atom is 0.327 e. The molecule has 4 nitrogen and oxygen atoms in total. The number of hydroxylamine groups is 2. The summed E-state index contributed by atoms with van der Waals surface area (Å²) in [4.78, 5) is 18.6. The van der Waals surface area contributed by atoms with Crippen LogP contribution < -0.4 is 0 Å². The second-order valence-electron chi connectivity index (χ2n) is 3.80. The van der Waals surface area contributed by atoms with Crippen LogP contribution in [0, 0.1) is 5.92 Å². The van der Waals surface area contributed by atoms with Crippen LogP contribution in [0.3, 0.4) is 0 Å². The Kier molecular flexibility index (Phi) is 3.69. The van der Waals surface area contributed by atoms with Gasteiger partial charge in [-0.3, -0.25) is 4.79 Å². The van der Waals surface area contributed by atoms with E-state index in [2.05, 4.69) is 11.9 Å². The van der Waals surface area contributed by atoms with E-state index in [1.165, 1.54) is 0 Å². The van der Waals surface area contributed by atoms with Crippen LogP contribution in [0.4, 0.5) is 0 Å². The third-order valence-corrected chi connectivity index (χ3v) is 2.15. The molecule has 0 atom stereocenters. The zero-order valence-corrected chi connectivity index (χ0v) is 8.62. The predicted molar refractivity (Wildman–Crippen MR) is 50.0 cm³/mol. The number of hydrogen-bond acceptors (Lipinski definition) is 4. The highest BCUT2D eigenvalue weighted by Crippen LogP contribution is 2.03. The number of likely N-dealkylation sites (N-methyl/N-ethyl adjacent to an activating group) is 1. The molecule has 4 heteroatoms. The Morgan fingerprint density at radius 1 is 1.23 bits per heavy atom. The molecule has 0 unspecified atom stereocenters. The molecular weight excluding hydrogens is 168 g/mol. The lowest BCUT2D eigenvalue weighted by Gasteiger charge is -2.31. The van der Waals surface area contributed by atoms with Gasteiger partial charge < -0.3 is 9.74 Å². The molecular formula is C9H18N2O2. The Labute approximate surface area is 79.4 Å². The van der Waals surface area contributed by atoms with E-state index < -0.39 is 0 Å². The van der Waals surface area contributed by atoms with Crippen molar-refractivity contribution in [3.63, 3.8) is 0 Å². The minimum Gasteiger partial charge on any atom is -0.368 e. The summed E-state index contributed by atoms with van der Waals surface area (Å²) in [6, 6.07) is 0. The average Bonchev–Trinajstić information content (AvgIpc) is 2.08. The summed E-state index contributed by atoms with van der Waals surface area (Å²) in [6.07, 6.45) is 0. The minimum absolute atomic E-state index is 0.0420. The van der Waals surface area contributed by atoms with Gasteiger partial charge in [-0.25, -0.2) is 0 Å². The van der Waals surface area contributed by atoms with Crippen LogP contribution in [0.2, 0.25) is 0 Å². The van der Waals surface area contributed by atoms with Gasteiger partial charge in [0.25, 0.3) is 0 Å². The molecule has 1 saturated heterocycles. The first-order valence-corrected chi connectivity index (χ1v) is 4.75. The Balaban J connectivity index is 2.26. The van der Waals surface area contributed by atoms with Gasteiger partial charge >= 0.3 is 5.97 Å². The number of nitrogens with zero attached hydrogens (tertiary/aromatic N) is 2. The summed E-state index contributed by atoms with van der Waals surface area (Å²) in [7, 11) is 2.07. The topological polar surface area (TPSA) is 32.8 Å². The van der Waals surface area contributed by atoms with Crippen molar-refractivity contribution in [1.82, 2.24) is 9.96 Å². The molecule has 0 amide bonds. The normalized spacial score (nSPS) is 20.6. The molecule has 1 aliphatic heterocycles. The summed E-state index contributed by atoms with van der Waals surface area (Å²) in [6.45, 7) is 7.25. The first-order valence-electron chi connectivity index (χ1n) is 4.75. The van der Waals surface area contributed by atoms with Gasteiger partial charge in [-0.1, -0.05) is 13.8 Å². The van der Waals surface area contributed by atoms with Crippen LogP contribution in [0.1, 0.15) is 13.8 Å². The Morgan fingerprint density at radius 3 is 2.23 bits per heavy atom. The van der Waals surface area contributed by atoms with Crippen molar-refractivity contribution in [2.24, 2.45) is 5.92 Å². The average molecular weight is 186 g/mol.